The van der Waals surface area contributed by atoms with E-state index in [0.29, 0.717) is 5.56 Å². The van der Waals surface area contributed by atoms with E-state index in [1.54, 1.807) is 13.0 Å². The van der Waals surface area contributed by atoms with Gasteiger partial charge in [0.15, 0.2) is 0 Å². The number of anilines is 1. The molecule has 1 aliphatic rings. The first-order chi connectivity index (χ1) is 11.4. The van der Waals surface area contributed by atoms with Crippen molar-refractivity contribution < 1.29 is 13.2 Å². The summed E-state index contributed by atoms with van der Waals surface area (Å²) < 4.78 is 26.1. The van der Waals surface area contributed by atoms with E-state index in [2.05, 4.69) is 10.0 Å². The highest BCUT2D eigenvalue weighted by Gasteiger charge is 2.17. The number of aryl methyl sites for hydroxylation is 3. The lowest BCUT2D eigenvalue weighted by molar-refractivity contribution is 0.102. The van der Waals surface area contributed by atoms with E-state index in [1.165, 1.54) is 30.3 Å². The number of carbonyl (C=O) groups is 1. The Kier molecular flexibility index (Phi) is 4.43. The minimum absolute atomic E-state index is 0.0784. The zero-order valence-corrected chi connectivity index (χ0v) is 14.5. The molecule has 0 heterocycles. The average Bonchev–Trinajstić information content (AvgIpc) is 3.02. The molecule has 0 aromatic heterocycles. The van der Waals surface area contributed by atoms with Gasteiger partial charge in [-0.3, -0.25) is 4.79 Å². The maximum Gasteiger partial charge on any atom is 0.255 e. The molecule has 5 nitrogen and oxygen atoms in total. The van der Waals surface area contributed by atoms with Crippen LogP contribution >= 0.6 is 0 Å². The van der Waals surface area contributed by atoms with Crippen LogP contribution in [0.3, 0.4) is 0 Å². The van der Waals surface area contributed by atoms with Crippen LogP contribution in [0.4, 0.5) is 5.69 Å². The monoisotopic (exact) mass is 344 g/mol. The standard InChI is InChI=1S/C18H20N2O3S/c1-12-6-9-16(24(22,23)19-2)11-17(12)18(21)20-15-8-7-13-4-3-5-14(13)10-15/h6-11,19H,3-5H2,1-2H3,(H,20,21). The van der Waals surface area contributed by atoms with Crippen molar-refractivity contribution in [1.82, 2.24) is 4.72 Å². The quantitative estimate of drug-likeness (QED) is 0.895. The number of carbonyl (C=O) groups excluding carboxylic acids is 1. The van der Waals surface area contributed by atoms with Crippen LogP contribution in [0.5, 0.6) is 0 Å². The lowest BCUT2D eigenvalue weighted by atomic mass is 10.1. The van der Waals surface area contributed by atoms with Crippen molar-refractivity contribution in [2.24, 2.45) is 0 Å². The molecular weight excluding hydrogens is 324 g/mol. The third-order valence-electron chi connectivity index (χ3n) is 4.39. The second kappa shape index (κ2) is 6.37. The van der Waals surface area contributed by atoms with Crippen LogP contribution in [0, 0.1) is 6.92 Å². The lowest BCUT2D eigenvalue weighted by Crippen LogP contribution is -2.20. The maximum atomic E-state index is 12.6. The Morgan fingerprint density at radius 1 is 1.04 bits per heavy atom. The van der Waals surface area contributed by atoms with E-state index >= 15 is 0 Å². The van der Waals surface area contributed by atoms with Crippen molar-refractivity contribution in [3.05, 3.63) is 58.7 Å². The summed E-state index contributed by atoms with van der Waals surface area (Å²) in [5.41, 5.74) is 4.43. The fourth-order valence-electron chi connectivity index (χ4n) is 2.98. The van der Waals surface area contributed by atoms with Gasteiger partial charge in [-0.1, -0.05) is 12.1 Å². The second-order valence-corrected chi connectivity index (χ2v) is 7.86. The van der Waals surface area contributed by atoms with Gasteiger partial charge in [0.2, 0.25) is 10.0 Å². The first kappa shape index (κ1) is 16.7. The van der Waals surface area contributed by atoms with Gasteiger partial charge in [0.05, 0.1) is 4.90 Å². The van der Waals surface area contributed by atoms with Gasteiger partial charge in [0.1, 0.15) is 0 Å². The third kappa shape index (κ3) is 3.20. The predicted molar refractivity (Wildman–Crippen MR) is 93.8 cm³/mol. The Hall–Kier alpha value is -2.18. The third-order valence-corrected chi connectivity index (χ3v) is 5.80. The molecule has 0 radical (unpaired) electrons. The highest BCUT2D eigenvalue weighted by atomic mass is 32.2. The normalized spacial score (nSPS) is 13.6. The summed E-state index contributed by atoms with van der Waals surface area (Å²) in [6.07, 6.45) is 3.27. The molecule has 2 aromatic carbocycles. The summed E-state index contributed by atoms with van der Waals surface area (Å²) in [6, 6.07) is 10.5. The number of sulfonamides is 1. The Morgan fingerprint density at radius 3 is 2.54 bits per heavy atom. The molecular formula is C18H20N2O3S. The number of hydrogen-bond donors (Lipinski definition) is 2. The highest BCUT2D eigenvalue weighted by Crippen LogP contribution is 2.25. The van der Waals surface area contributed by atoms with Crippen molar-refractivity contribution in [2.45, 2.75) is 31.1 Å². The van der Waals surface area contributed by atoms with Gasteiger partial charge in [-0.05, 0) is 74.2 Å². The zero-order chi connectivity index (χ0) is 17.3. The Labute approximate surface area is 142 Å². The van der Waals surface area contributed by atoms with Crippen molar-refractivity contribution in [2.75, 3.05) is 12.4 Å². The molecule has 0 fully saturated rings. The predicted octanol–water partition coefficient (Wildman–Crippen LogP) is 2.64. The van der Waals surface area contributed by atoms with Gasteiger partial charge >= 0.3 is 0 Å². The molecule has 0 aliphatic heterocycles. The molecule has 1 amide bonds. The maximum absolute atomic E-state index is 12.6. The highest BCUT2D eigenvalue weighted by molar-refractivity contribution is 7.89. The van der Waals surface area contributed by atoms with Gasteiger partial charge in [0, 0.05) is 11.3 Å². The second-order valence-electron chi connectivity index (χ2n) is 5.98. The van der Waals surface area contributed by atoms with Gasteiger partial charge in [-0.25, -0.2) is 13.1 Å². The number of hydrogen-bond acceptors (Lipinski definition) is 3. The van der Waals surface area contributed by atoms with Crippen molar-refractivity contribution >= 4 is 21.6 Å². The van der Waals surface area contributed by atoms with Crippen LogP contribution in [-0.2, 0) is 22.9 Å². The zero-order valence-electron chi connectivity index (χ0n) is 13.7. The van der Waals surface area contributed by atoms with Crippen LogP contribution < -0.4 is 10.0 Å². The molecule has 6 heteroatoms. The molecule has 0 spiro atoms. The van der Waals surface area contributed by atoms with Crippen molar-refractivity contribution in [1.29, 1.82) is 0 Å². The lowest BCUT2D eigenvalue weighted by Gasteiger charge is -2.11. The van der Waals surface area contributed by atoms with E-state index in [4.69, 9.17) is 0 Å². The minimum Gasteiger partial charge on any atom is -0.322 e. The molecule has 0 bridgehead atoms. The smallest absolute Gasteiger partial charge is 0.255 e. The fourth-order valence-corrected chi connectivity index (χ4v) is 3.73. The van der Waals surface area contributed by atoms with Crippen LogP contribution in [0.2, 0.25) is 0 Å². The van der Waals surface area contributed by atoms with Gasteiger partial charge in [-0.15, -0.1) is 0 Å². The van der Waals surface area contributed by atoms with Gasteiger partial charge in [-0.2, -0.15) is 0 Å². The van der Waals surface area contributed by atoms with Gasteiger partial charge < -0.3 is 5.32 Å². The summed E-state index contributed by atoms with van der Waals surface area (Å²) in [4.78, 5) is 12.7. The molecule has 0 saturated heterocycles. The van der Waals surface area contributed by atoms with Crippen LogP contribution in [0.1, 0.15) is 33.5 Å². The summed E-state index contributed by atoms with van der Waals surface area (Å²) in [5.74, 6) is -0.307. The Bertz CT molecular complexity index is 904. The van der Waals surface area contributed by atoms with Crippen molar-refractivity contribution in [3.63, 3.8) is 0 Å². The Balaban J connectivity index is 1.88. The van der Waals surface area contributed by atoms with Crippen LogP contribution in [0.15, 0.2) is 41.3 Å². The molecule has 0 atom stereocenters. The van der Waals surface area contributed by atoms with Crippen LogP contribution in [0.25, 0.3) is 0 Å². The summed E-state index contributed by atoms with van der Waals surface area (Å²) in [6.45, 7) is 1.79. The number of rotatable bonds is 4. The van der Waals surface area contributed by atoms with Gasteiger partial charge in [0.25, 0.3) is 5.91 Å². The van der Waals surface area contributed by atoms with E-state index < -0.39 is 10.0 Å². The number of benzene rings is 2. The Morgan fingerprint density at radius 2 is 1.79 bits per heavy atom. The topological polar surface area (TPSA) is 75.3 Å². The van der Waals surface area contributed by atoms with E-state index in [0.717, 1.165) is 30.5 Å². The number of nitrogens with one attached hydrogen (secondary N) is 2. The first-order valence-corrected chi connectivity index (χ1v) is 9.36. The fraction of sp³-hybridized carbons (Fsp3) is 0.278. The average molecular weight is 344 g/mol. The van der Waals surface area contributed by atoms with E-state index in [9.17, 15) is 13.2 Å². The molecule has 24 heavy (non-hydrogen) atoms. The largest absolute Gasteiger partial charge is 0.322 e. The molecule has 0 saturated carbocycles. The van der Waals surface area contributed by atoms with Crippen LogP contribution in [-0.4, -0.2) is 21.4 Å². The molecule has 1 aliphatic carbocycles. The first-order valence-electron chi connectivity index (χ1n) is 7.88. The molecule has 3 rings (SSSR count). The SMILES string of the molecule is CNS(=O)(=O)c1ccc(C)c(C(=O)Nc2ccc3c(c2)CCC3)c1. The molecule has 2 N–H and O–H groups in total. The molecule has 0 unspecified atom stereocenters. The molecule has 126 valence electrons. The number of fused-ring (bicyclic) bond motifs is 1. The summed E-state index contributed by atoms with van der Waals surface area (Å²) in [5, 5.41) is 2.87. The molecule has 2 aromatic rings. The number of amides is 1. The van der Waals surface area contributed by atoms with E-state index in [-0.39, 0.29) is 10.8 Å². The summed E-state index contributed by atoms with van der Waals surface area (Å²) in [7, 11) is -2.24. The van der Waals surface area contributed by atoms with Crippen molar-refractivity contribution in [3.8, 4) is 0 Å². The van der Waals surface area contributed by atoms with E-state index in [1.807, 2.05) is 18.2 Å². The minimum atomic E-state index is -3.58. The summed E-state index contributed by atoms with van der Waals surface area (Å²) >= 11 is 0.